The second-order valence-corrected chi connectivity index (χ2v) is 20.8. The summed E-state index contributed by atoms with van der Waals surface area (Å²) < 4.78 is 18.9. The Morgan fingerprint density at radius 1 is 0.839 bits per heavy atom. The number of aldehydes is 1. The Bertz CT molecular complexity index is 700. The van der Waals surface area contributed by atoms with Crippen LogP contribution in [0.4, 0.5) is 0 Å². The topological polar surface area (TPSA) is 44.8 Å². The summed E-state index contributed by atoms with van der Waals surface area (Å²) in [6.07, 6.45) is 3.77. The summed E-state index contributed by atoms with van der Waals surface area (Å²) in [4.78, 5) is 12.1. The van der Waals surface area contributed by atoms with Crippen LogP contribution in [0.3, 0.4) is 0 Å². The normalized spacial score (nSPS) is 15.8. The molecule has 0 heterocycles. The Kier molecular flexibility index (Phi) is 10.1. The predicted octanol–water partition coefficient (Wildman–Crippen LogP) is 6.74. The lowest BCUT2D eigenvalue weighted by Gasteiger charge is -2.43. The van der Waals surface area contributed by atoms with E-state index in [2.05, 4.69) is 67.7 Å². The molecule has 0 saturated carbocycles. The molecule has 0 aliphatic rings. The van der Waals surface area contributed by atoms with Crippen LogP contribution < -0.4 is 0 Å². The van der Waals surface area contributed by atoms with Crippen molar-refractivity contribution in [2.24, 2.45) is 0 Å². The standard InChI is InChI=1S/C25H44O4Si2/c1-24(2,3)30(7,8)28-22(23(19-26)29-31(9,10)25(4,5)6)17-14-18-27-20-21-15-12-11-13-16-21/h11-17,19,22-23H,18,20H2,1-10H3/b17-14-/t22-,23-/m0/s1. The van der Waals surface area contributed by atoms with Gasteiger partial charge >= 0.3 is 0 Å². The monoisotopic (exact) mass is 464 g/mol. The highest BCUT2D eigenvalue weighted by molar-refractivity contribution is 6.74. The molecule has 0 fully saturated rings. The molecule has 2 atom stereocenters. The van der Waals surface area contributed by atoms with Crippen LogP contribution in [-0.2, 0) is 25.0 Å². The molecular formula is C25H44O4Si2. The van der Waals surface area contributed by atoms with Gasteiger partial charge in [-0.3, -0.25) is 0 Å². The van der Waals surface area contributed by atoms with E-state index in [-0.39, 0.29) is 10.1 Å². The first kappa shape index (κ1) is 28.0. The molecular weight excluding hydrogens is 420 g/mol. The fourth-order valence-electron chi connectivity index (χ4n) is 2.43. The van der Waals surface area contributed by atoms with Crippen LogP contribution in [-0.4, -0.2) is 41.7 Å². The summed E-state index contributed by atoms with van der Waals surface area (Å²) in [5.41, 5.74) is 1.14. The maximum Gasteiger partial charge on any atom is 0.193 e. The van der Waals surface area contributed by atoms with E-state index in [1.54, 1.807) is 0 Å². The van der Waals surface area contributed by atoms with Gasteiger partial charge in [0.25, 0.3) is 0 Å². The number of ether oxygens (including phenoxy) is 1. The van der Waals surface area contributed by atoms with Gasteiger partial charge in [-0.25, -0.2) is 0 Å². The molecule has 176 valence electrons. The SMILES string of the molecule is CC(C)(C)[Si](C)(C)O[C@@H](C=O)[C@H](/C=C\COCc1ccccc1)O[Si](C)(C)C(C)(C)C. The first-order valence-corrected chi connectivity index (χ1v) is 17.0. The van der Waals surface area contributed by atoms with Gasteiger partial charge in [0, 0.05) is 0 Å². The van der Waals surface area contributed by atoms with Crippen molar-refractivity contribution in [3.63, 3.8) is 0 Å². The van der Waals surface area contributed by atoms with Gasteiger partial charge in [-0.1, -0.05) is 84.0 Å². The maximum atomic E-state index is 12.1. The van der Waals surface area contributed by atoms with Crippen LogP contribution in [0, 0.1) is 0 Å². The zero-order valence-electron chi connectivity index (χ0n) is 21.3. The predicted molar refractivity (Wildman–Crippen MR) is 135 cm³/mol. The molecule has 0 amide bonds. The molecule has 0 unspecified atom stereocenters. The molecule has 1 aromatic rings. The molecule has 0 aromatic heterocycles. The van der Waals surface area contributed by atoms with Crippen molar-refractivity contribution in [2.75, 3.05) is 6.61 Å². The molecule has 0 spiro atoms. The second-order valence-electron chi connectivity index (χ2n) is 11.3. The number of hydrogen-bond donors (Lipinski definition) is 0. The van der Waals surface area contributed by atoms with E-state index >= 15 is 0 Å². The van der Waals surface area contributed by atoms with Gasteiger partial charge in [-0.2, -0.15) is 0 Å². The molecule has 1 rings (SSSR count). The van der Waals surface area contributed by atoms with Crippen molar-refractivity contribution in [3.8, 4) is 0 Å². The summed E-state index contributed by atoms with van der Waals surface area (Å²) in [5.74, 6) is 0. The Morgan fingerprint density at radius 3 is 1.77 bits per heavy atom. The highest BCUT2D eigenvalue weighted by Gasteiger charge is 2.44. The molecule has 0 aliphatic heterocycles. The third-order valence-electron chi connectivity index (χ3n) is 6.58. The van der Waals surface area contributed by atoms with Crippen LogP contribution in [0.25, 0.3) is 0 Å². The van der Waals surface area contributed by atoms with Crippen LogP contribution >= 0.6 is 0 Å². The number of rotatable bonds is 11. The van der Waals surface area contributed by atoms with E-state index in [1.807, 2.05) is 42.5 Å². The van der Waals surface area contributed by atoms with Crippen molar-refractivity contribution in [3.05, 3.63) is 48.0 Å². The number of carbonyl (C=O) groups excluding carboxylic acids is 1. The van der Waals surface area contributed by atoms with Crippen molar-refractivity contribution in [1.82, 2.24) is 0 Å². The minimum atomic E-state index is -2.13. The van der Waals surface area contributed by atoms with E-state index in [1.165, 1.54) is 0 Å². The molecule has 0 N–H and O–H groups in total. The van der Waals surface area contributed by atoms with Crippen molar-refractivity contribution < 1.29 is 18.4 Å². The van der Waals surface area contributed by atoms with Gasteiger partial charge in [0.05, 0.1) is 19.3 Å². The molecule has 31 heavy (non-hydrogen) atoms. The Morgan fingerprint density at radius 2 is 1.32 bits per heavy atom. The third-order valence-corrected chi connectivity index (χ3v) is 15.5. The number of carbonyl (C=O) groups is 1. The summed E-state index contributed by atoms with van der Waals surface area (Å²) >= 11 is 0. The van der Waals surface area contributed by atoms with Gasteiger partial charge in [-0.15, -0.1) is 0 Å². The van der Waals surface area contributed by atoms with Gasteiger partial charge in [0.15, 0.2) is 22.9 Å². The number of benzene rings is 1. The van der Waals surface area contributed by atoms with Crippen molar-refractivity contribution in [2.45, 2.75) is 96.6 Å². The summed E-state index contributed by atoms with van der Waals surface area (Å²) in [7, 11) is -4.24. The van der Waals surface area contributed by atoms with E-state index in [0.29, 0.717) is 13.2 Å². The van der Waals surface area contributed by atoms with E-state index in [9.17, 15) is 4.79 Å². The van der Waals surface area contributed by atoms with Gasteiger partial charge in [0.1, 0.15) is 6.10 Å². The Hall–Kier alpha value is -1.06. The average Bonchev–Trinajstić information content (AvgIpc) is 2.64. The zero-order valence-corrected chi connectivity index (χ0v) is 23.3. The smallest absolute Gasteiger partial charge is 0.193 e. The fourth-order valence-corrected chi connectivity index (χ4v) is 4.90. The lowest BCUT2D eigenvalue weighted by atomic mass is 10.2. The van der Waals surface area contributed by atoms with E-state index in [4.69, 9.17) is 13.6 Å². The largest absolute Gasteiger partial charge is 0.407 e. The highest BCUT2D eigenvalue weighted by atomic mass is 28.4. The quantitative estimate of drug-likeness (QED) is 0.157. The lowest BCUT2D eigenvalue weighted by Crippen LogP contribution is -2.51. The van der Waals surface area contributed by atoms with Crippen LogP contribution in [0.5, 0.6) is 0 Å². The van der Waals surface area contributed by atoms with Gasteiger partial charge < -0.3 is 18.4 Å². The third kappa shape index (κ3) is 8.77. The summed E-state index contributed by atoms with van der Waals surface area (Å²) in [6, 6.07) is 10.1. The highest BCUT2D eigenvalue weighted by Crippen LogP contribution is 2.40. The summed E-state index contributed by atoms with van der Waals surface area (Å²) in [5, 5.41) is 0.0472. The molecule has 6 heteroatoms. The second kappa shape index (κ2) is 11.2. The van der Waals surface area contributed by atoms with Crippen LogP contribution in [0.15, 0.2) is 42.5 Å². The van der Waals surface area contributed by atoms with Crippen LogP contribution in [0.1, 0.15) is 47.1 Å². The molecule has 0 bridgehead atoms. The van der Waals surface area contributed by atoms with Gasteiger partial charge in [-0.05, 0) is 41.8 Å². The maximum absolute atomic E-state index is 12.1. The van der Waals surface area contributed by atoms with Crippen LogP contribution in [0.2, 0.25) is 36.3 Å². The Balaban J connectivity index is 2.97. The minimum Gasteiger partial charge on any atom is -0.407 e. The molecule has 4 nitrogen and oxygen atoms in total. The minimum absolute atomic E-state index is 0.0122. The lowest BCUT2D eigenvalue weighted by molar-refractivity contribution is -0.117. The summed E-state index contributed by atoms with van der Waals surface area (Å²) in [6.45, 7) is 22.9. The average molecular weight is 465 g/mol. The van der Waals surface area contributed by atoms with Gasteiger partial charge in [0.2, 0.25) is 0 Å². The Labute approximate surface area is 192 Å². The fraction of sp³-hybridized carbons (Fsp3) is 0.640. The van der Waals surface area contributed by atoms with E-state index in [0.717, 1.165) is 11.8 Å². The molecule has 0 saturated heterocycles. The zero-order chi connectivity index (χ0) is 23.9. The molecule has 0 radical (unpaired) electrons. The molecule has 1 aromatic carbocycles. The van der Waals surface area contributed by atoms with E-state index < -0.39 is 28.8 Å². The first-order chi connectivity index (χ1) is 14.1. The van der Waals surface area contributed by atoms with Crippen molar-refractivity contribution in [1.29, 1.82) is 0 Å². The first-order valence-electron chi connectivity index (χ1n) is 11.2. The number of hydrogen-bond acceptors (Lipinski definition) is 4. The molecule has 0 aliphatic carbocycles. The van der Waals surface area contributed by atoms with Crippen molar-refractivity contribution >= 4 is 22.9 Å².